The van der Waals surface area contributed by atoms with Gasteiger partial charge in [-0.2, -0.15) is 0 Å². The van der Waals surface area contributed by atoms with Crippen LogP contribution in [-0.4, -0.2) is 33.9 Å². The Hall–Kier alpha value is -1.81. The number of esters is 1. The molecule has 0 aliphatic heterocycles. The number of hydrogen-bond acceptors (Lipinski definition) is 5. The fourth-order valence-electron chi connectivity index (χ4n) is 2.15. The monoisotopic (exact) mass is 367 g/mol. The van der Waals surface area contributed by atoms with Crippen LogP contribution in [0.15, 0.2) is 29.2 Å². The Morgan fingerprint density at radius 2 is 1.88 bits per heavy atom. The number of rotatable bonds is 7. The third-order valence-corrected chi connectivity index (χ3v) is 4.99. The molecule has 10 heteroatoms. The normalized spacial score (nSPS) is 16.5. The van der Waals surface area contributed by atoms with Crippen molar-refractivity contribution in [3.05, 3.63) is 24.3 Å². The van der Waals surface area contributed by atoms with Crippen molar-refractivity contribution in [2.24, 2.45) is 5.92 Å². The van der Waals surface area contributed by atoms with E-state index in [-0.39, 0.29) is 17.2 Å². The van der Waals surface area contributed by atoms with Gasteiger partial charge in [-0.25, -0.2) is 13.1 Å². The molecule has 0 aromatic heterocycles. The zero-order chi connectivity index (χ0) is 18.0. The van der Waals surface area contributed by atoms with Crippen molar-refractivity contribution >= 4 is 16.0 Å². The zero-order valence-corrected chi connectivity index (χ0v) is 13.5. The van der Waals surface area contributed by atoms with E-state index >= 15 is 0 Å². The minimum absolute atomic E-state index is 0.0479. The molecule has 1 N–H and O–H groups in total. The Labute approximate surface area is 137 Å². The summed E-state index contributed by atoms with van der Waals surface area (Å²) in [6.07, 6.45) is -3.36. The first kappa shape index (κ1) is 18.5. The fraction of sp³-hybridized carbons (Fsp3) is 0.500. The molecule has 2 rings (SSSR count). The summed E-state index contributed by atoms with van der Waals surface area (Å²) in [5.41, 5.74) is 0. The first-order chi connectivity index (χ1) is 11.1. The second kappa shape index (κ2) is 6.98. The van der Waals surface area contributed by atoms with E-state index in [1.54, 1.807) is 0 Å². The lowest BCUT2D eigenvalue weighted by atomic mass is 10.1. The maximum absolute atomic E-state index is 12.3. The van der Waals surface area contributed by atoms with Crippen LogP contribution in [0.2, 0.25) is 0 Å². The highest BCUT2D eigenvalue weighted by atomic mass is 32.2. The Balaban J connectivity index is 2.09. The summed E-state index contributed by atoms with van der Waals surface area (Å²) in [6.45, 7) is 0. The number of benzene rings is 1. The number of carbonyl (C=O) groups is 1. The summed E-state index contributed by atoms with van der Waals surface area (Å²) in [4.78, 5) is 11.2. The maximum atomic E-state index is 12.3. The van der Waals surface area contributed by atoms with Crippen molar-refractivity contribution in [3.63, 3.8) is 0 Å². The molecule has 1 aromatic carbocycles. The smallest absolute Gasteiger partial charge is 0.469 e. The van der Waals surface area contributed by atoms with E-state index in [0.717, 1.165) is 37.1 Å². The van der Waals surface area contributed by atoms with Crippen LogP contribution < -0.4 is 9.46 Å². The third kappa shape index (κ3) is 5.38. The minimum atomic E-state index is -4.85. The van der Waals surface area contributed by atoms with Crippen molar-refractivity contribution in [2.45, 2.75) is 36.6 Å². The number of halogens is 3. The van der Waals surface area contributed by atoms with E-state index in [1.807, 2.05) is 0 Å². The third-order valence-electron chi connectivity index (χ3n) is 3.48. The van der Waals surface area contributed by atoms with E-state index in [9.17, 15) is 26.4 Å². The molecule has 24 heavy (non-hydrogen) atoms. The number of hydrogen-bond donors (Lipinski definition) is 1. The Morgan fingerprint density at radius 3 is 2.33 bits per heavy atom. The summed E-state index contributed by atoms with van der Waals surface area (Å²) in [7, 11) is -2.76. The second-order valence-electron chi connectivity index (χ2n) is 5.36. The number of ether oxygens (including phenoxy) is 2. The molecule has 1 atom stereocenters. The van der Waals surface area contributed by atoms with Crippen molar-refractivity contribution in [2.75, 3.05) is 7.11 Å². The molecule has 1 fully saturated rings. The van der Waals surface area contributed by atoms with Crippen LogP contribution >= 0.6 is 0 Å². The average Bonchev–Trinajstić information content (AvgIpc) is 3.29. The van der Waals surface area contributed by atoms with Gasteiger partial charge in [-0.3, -0.25) is 4.79 Å². The van der Waals surface area contributed by atoms with Gasteiger partial charge in [0.05, 0.1) is 18.4 Å². The molecule has 1 aromatic rings. The summed E-state index contributed by atoms with van der Waals surface area (Å²) in [5, 5.41) is 0. The number of sulfonamides is 1. The molecular formula is C14H16F3NO5S. The molecular weight excluding hydrogens is 351 g/mol. The van der Waals surface area contributed by atoms with Crippen molar-refractivity contribution in [1.82, 2.24) is 4.72 Å². The predicted molar refractivity (Wildman–Crippen MR) is 76.6 cm³/mol. The van der Waals surface area contributed by atoms with Gasteiger partial charge in [0.2, 0.25) is 10.0 Å². The van der Waals surface area contributed by atoms with Crippen molar-refractivity contribution in [3.8, 4) is 5.75 Å². The highest BCUT2D eigenvalue weighted by Crippen LogP contribution is 2.35. The quantitative estimate of drug-likeness (QED) is 0.748. The van der Waals surface area contributed by atoms with E-state index in [2.05, 4.69) is 14.2 Å². The molecule has 0 amide bonds. The molecule has 6 nitrogen and oxygen atoms in total. The van der Waals surface area contributed by atoms with Crippen LogP contribution in [0.1, 0.15) is 19.3 Å². The van der Waals surface area contributed by atoms with Gasteiger partial charge >= 0.3 is 12.3 Å². The van der Waals surface area contributed by atoms with Gasteiger partial charge in [-0.15, -0.1) is 13.2 Å². The van der Waals surface area contributed by atoms with Gasteiger partial charge in [-0.05, 0) is 43.0 Å². The molecule has 0 saturated heterocycles. The minimum Gasteiger partial charge on any atom is -0.469 e. The van der Waals surface area contributed by atoms with Gasteiger partial charge < -0.3 is 9.47 Å². The van der Waals surface area contributed by atoms with Crippen LogP contribution in [0.4, 0.5) is 13.2 Å². The number of nitrogens with one attached hydrogen (secondary N) is 1. The maximum Gasteiger partial charge on any atom is 0.573 e. The van der Waals surface area contributed by atoms with E-state index in [1.165, 1.54) is 7.11 Å². The molecule has 1 saturated carbocycles. The molecule has 0 spiro atoms. The molecule has 1 aliphatic carbocycles. The summed E-state index contributed by atoms with van der Waals surface area (Å²) < 4.78 is 71.6. The Morgan fingerprint density at radius 1 is 1.29 bits per heavy atom. The first-order valence-corrected chi connectivity index (χ1v) is 8.54. The largest absolute Gasteiger partial charge is 0.573 e. The lowest BCUT2D eigenvalue weighted by molar-refractivity contribution is -0.274. The SMILES string of the molecule is COC(=O)C[C@H](NS(=O)(=O)c1ccc(OC(F)(F)F)cc1)C1CC1. The molecule has 134 valence electrons. The summed E-state index contributed by atoms with van der Waals surface area (Å²) >= 11 is 0. The van der Waals surface area contributed by atoms with Crippen LogP contribution in [0.5, 0.6) is 5.75 Å². The van der Waals surface area contributed by atoms with Crippen LogP contribution in [-0.2, 0) is 19.6 Å². The van der Waals surface area contributed by atoms with Crippen LogP contribution in [0, 0.1) is 5.92 Å². The fourth-order valence-corrected chi connectivity index (χ4v) is 3.46. The van der Waals surface area contributed by atoms with Gasteiger partial charge in [0.15, 0.2) is 0 Å². The standard InChI is InChI=1S/C14H16F3NO5S/c1-22-13(19)8-12(9-2-3-9)18-24(20,21)11-6-4-10(5-7-11)23-14(15,16)17/h4-7,9,12,18H,2-3,8H2,1H3/t12-/m0/s1. The molecule has 0 heterocycles. The number of methoxy groups -OCH3 is 1. The molecule has 1 aliphatic rings. The summed E-state index contributed by atoms with van der Waals surface area (Å²) in [5.74, 6) is -1.01. The highest BCUT2D eigenvalue weighted by molar-refractivity contribution is 7.89. The van der Waals surface area contributed by atoms with Crippen LogP contribution in [0.3, 0.4) is 0 Å². The Kier molecular flexibility index (Phi) is 5.38. The highest BCUT2D eigenvalue weighted by Gasteiger charge is 2.36. The molecule has 0 unspecified atom stereocenters. The topological polar surface area (TPSA) is 81.7 Å². The van der Waals surface area contributed by atoms with E-state index in [0.29, 0.717) is 0 Å². The van der Waals surface area contributed by atoms with Gasteiger partial charge in [0, 0.05) is 6.04 Å². The van der Waals surface area contributed by atoms with Crippen molar-refractivity contribution in [1.29, 1.82) is 0 Å². The van der Waals surface area contributed by atoms with Gasteiger partial charge in [0.1, 0.15) is 5.75 Å². The van der Waals surface area contributed by atoms with E-state index < -0.39 is 34.1 Å². The second-order valence-corrected chi connectivity index (χ2v) is 7.08. The lowest BCUT2D eigenvalue weighted by Crippen LogP contribution is -2.38. The molecule has 0 radical (unpaired) electrons. The summed E-state index contributed by atoms with van der Waals surface area (Å²) in [6, 6.07) is 3.23. The number of carbonyl (C=O) groups excluding carboxylic acids is 1. The van der Waals surface area contributed by atoms with Gasteiger partial charge in [-0.1, -0.05) is 0 Å². The average molecular weight is 367 g/mol. The van der Waals surface area contributed by atoms with Gasteiger partial charge in [0.25, 0.3) is 0 Å². The first-order valence-electron chi connectivity index (χ1n) is 7.05. The van der Waals surface area contributed by atoms with Crippen LogP contribution in [0.25, 0.3) is 0 Å². The number of alkyl halides is 3. The predicted octanol–water partition coefficient (Wildman–Crippen LogP) is 2.21. The lowest BCUT2D eigenvalue weighted by Gasteiger charge is -2.17. The zero-order valence-electron chi connectivity index (χ0n) is 12.7. The van der Waals surface area contributed by atoms with E-state index in [4.69, 9.17) is 0 Å². The van der Waals surface area contributed by atoms with Crippen molar-refractivity contribution < 1.29 is 35.9 Å². The Bertz CT molecular complexity index is 683. The molecule has 0 bridgehead atoms.